The van der Waals surface area contributed by atoms with Crippen molar-refractivity contribution in [3.05, 3.63) is 42.2 Å². The Balaban J connectivity index is 3.27. The predicted octanol–water partition coefficient (Wildman–Crippen LogP) is 0.549. The predicted molar refractivity (Wildman–Crippen MR) is 47.3 cm³/mol. The van der Waals surface area contributed by atoms with Gasteiger partial charge in [0.15, 0.2) is 0 Å². The number of carbonyl (C=O) groups excluding carboxylic acids is 2. The minimum atomic E-state index is -0.668. The van der Waals surface area contributed by atoms with E-state index in [9.17, 15) is 9.59 Å². The average molecular weight is 176 g/mol. The molecule has 1 heterocycles. The number of hydrogen-bond acceptors (Lipinski definition) is 3. The second-order valence-electron chi connectivity index (χ2n) is 2.33. The van der Waals surface area contributed by atoms with Crippen LogP contribution in [0, 0.1) is 0 Å². The fourth-order valence-electron chi connectivity index (χ4n) is 0.897. The van der Waals surface area contributed by atoms with Gasteiger partial charge in [-0.15, -0.1) is 0 Å². The van der Waals surface area contributed by atoms with E-state index in [1.54, 1.807) is 6.07 Å². The topological polar surface area (TPSA) is 73.1 Å². The van der Waals surface area contributed by atoms with Crippen LogP contribution in [0.2, 0.25) is 0 Å². The first-order valence-electron chi connectivity index (χ1n) is 3.58. The largest absolute Gasteiger partial charge is 0.366 e. The van der Waals surface area contributed by atoms with Crippen molar-refractivity contribution in [2.45, 2.75) is 0 Å². The fourth-order valence-corrected chi connectivity index (χ4v) is 0.897. The zero-order chi connectivity index (χ0) is 9.84. The van der Waals surface area contributed by atoms with Crippen molar-refractivity contribution in [2.75, 3.05) is 0 Å². The van der Waals surface area contributed by atoms with E-state index in [1.165, 1.54) is 12.3 Å². The lowest BCUT2D eigenvalue weighted by molar-refractivity contribution is 0.0981. The third-order valence-electron chi connectivity index (χ3n) is 1.49. The molecule has 0 aromatic carbocycles. The molecule has 2 N–H and O–H groups in total. The average Bonchev–Trinajstić information content (AvgIpc) is 2.16. The minimum Gasteiger partial charge on any atom is -0.366 e. The highest BCUT2D eigenvalue weighted by Crippen LogP contribution is 2.05. The van der Waals surface area contributed by atoms with Gasteiger partial charge in [0, 0.05) is 6.20 Å². The Morgan fingerprint density at radius 3 is 2.77 bits per heavy atom. The molecular weight excluding hydrogens is 168 g/mol. The minimum absolute atomic E-state index is 0.0463. The third kappa shape index (κ3) is 1.79. The van der Waals surface area contributed by atoms with Gasteiger partial charge in [-0.1, -0.05) is 6.58 Å². The summed E-state index contributed by atoms with van der Waals surface area (Å²) >= 11 is 0. The fraction of sp³-hybridized carbons (Fsp3) is 0. The Morgan fingerprint density at radius 1 is 1.54 bits per heavy atom. The summed E-state index contributed by atoms with van der Waals surface area (Å²) in [7, 11) is 0. The molecule has 4 heteroatoms. The Morgan fingerprint density at radius 2 is 2.23 bits per heavy atom. The Hall–Kier alpha value is -1.97. The molecule has 0 bridgehead atoms. The number of primary amides is 1. The van der Waals surface area contributed by atoms with Crippen molar-refractivity contribution >= 4 is 11.7 Å². The van der Waals surface area contributed by atoms with Crippen LogP contribution in [0.5, 0.6) is 0 Å². The van der Waals surface area contributed by atoms with E-state index in [-0.39, 0.29) is 11.3 Å². The van der Waals surface area contributed by atoms with E-state index >= 15 is 0 Å². The molecule has 0 saturated carbocycles. The number of ketones is 1. The van der Waals surface area contributed by atoms with Crippen LogP contribution < -0.4 is 5.73 Å². The number of allylic oxidation sites excluding steroid dienone is 1. The summed E-state index contributed by atoms with van der Waals surface area (Å²) in [6, 6.07) is 2.99. The van der Waals surface area contributed by atoms with Crippen LogP contribution >= 0.6 is 0 Å². The van der Waals surface area contributed by atoms with E-state index in [4.69, 9.17) is 5.73 Å². The Bertz CT molecular complexity index is 372. The smallest absolute Gasteiger partial charge is 0.251 e. The van der Waals surface area contributed by atoms with E-state index in [1.807, 2.05) is 0 Å². The highest BCUT2D eigenvalue weighted by Gasteiger charge is 2.12. The van der Waals surface area contributed by atoms with Crippen molar-refractivity contribution in [3.8, 4) is 0 Å². The second kappa shape index (κ2) is 3.62. The quantitative estimate of drug-likeness (QED) is 0.539. The third-order valence-corrected chi connectivity index (χ3v) is 1.49. The van der Waals surface area contributed by atoms with Gasteiger partial charge in [-0.3, -0.25) is 14.6 Å². The van der Waals surface area contributed by atoms with Crippen LogP contribution in [0.25, 0.3) is 0 Å². The summed E-state index contributed by atoms with van der Waals surface area (Å²) in [5.41, 5.74) is 5.21. The van der Waals surface area contributed by atoms with Gasteiger partial charge in [-0.25, -0.2) is 0 Å². The molecule has 0 aliphatic heterocycles. The highest BCUT2D eigenvalue weighted by atomic mass is 16.1. The molecule has 0 aliphatic rings. The maximum absolute atomic E-state index is 11.2. The Kier molecular flexibility index (Phi) is 2.54. The zero-order valence-electron chi connectivity index (χ0n) is 6.86. The molecule has 1 aromatic heterocycles. The van der Waals surface area contributed by atoms with Crippen LogP contribution in [0.4, 0.5) is 0 Å². The SMILES string of the molecule is C=CC(=O)c1ncccc1C(N)=O. The lowest BCUT2D eigenvalue weighted by Gasteiger charge is -1.99. The van der Waals surface area contributed by atoms with Crippen molar-refractivity contribution < 1.29 is 9.59 Å². The number of amides is 1. The molecule has 1 rings (SSSR count). The molecule has 0 fully saturated rings. The molecule has 0 spiro atoms. The van der Waals surface area contributed by atoms with Gasteiger partial charge in [0.2, 0.25) is 5.78 Å². The van der Waals surface area contributed by atoms with Gasteiger partial charge < -0.3 is 5.73 Å². The number of nitrogens with zero attached hydrogens (tertiary/aromatic N) is 1. The lowest BCUT2D eigenvalue weighted by Crippen LogP contribution is -2.16. The first-order chi connectivity index (χ1) is 6.16. The summed E-state index contributed by atoms with van der Waals surface area (Å²) in [5, 5.41) is 0. The van der Waals surface area contributed by atoms with Gasteiger partial charge in [-0.05, 0) is 18.2 Å². The van der Waals surface area contributed by atoms with E-state index in [0.717, 1.165) is 6.08 Å². The number of nitrogens with two attached hydrogens (primary N) is 1. The number of aromatic nitrogens is 1. The van der Waals surface area contributed by atoms with Crippen molar-refractivity contribution in [1.82, 2.24) is 4.98 Å². The molecule has 66 valence electrons. The molecular formula is C9H8N2O2. The van der Waals surface area contributed by atoms with Crippen molar-refractivity contribution in [2.24, 2.45) is 5.73 Å². The summed E-state index contributed by atoms with van der Waals surface area (Å²) in [6.45, 7) is 3.30. The standard InChI is InChI=1S/C9H8N2O2/c1-2-7(12)8-6(9(10)13)4-3-5-11-8/h2-5H,1H2,(H2,10,13). The monoisotopic (exact) mass is 176 g/mol. The van der Waals surface area contributed by atoms with Gasteiger partial charge in [0.1, 0.15) is 5.69 Å². The van der Waals surface area contributed by atoms with E-state index in [0.29, 0.717) is 0 Å². The van der Waals surface area contributed by atoms with Gasteiger partial charge >= 0.3 is 0 Å². The first kappa shape index (κ1) is 9.12. The van der Waals surface area contributed by atoms with Crippen LogP contribution in [0.15, 0.2) is 31.0 Å². The number of hydrogen-bond donors (Lipinski definition) is 1. The Labute approximate surface area is 75.1 Å². The van der Waals surface area contributed by atoms with Crippen LogP contribution in [-0.2, 0) is 0 Å². The van der Waals surface area contributed by atoms with Crippen molar-refractivity contribution in [1.29, 1.82) is 0 Å². The number of pyridine rings is 1. The summed E-state index contributed by atoms with van der Waals surface area (Å²) in [4.78, 5) is 25.7. The summed E-state index contributed by atoms with van der Waals surface area (Å²) in [6.07, 6.45) is 2.51. The van der Waals surface area contributed by atoms with Gasteiger partial charge in [0.05, 0.1) is 5.56 Å². The number of carbonyl (C=O) groups is 2. The van der Waals surface area contributed by atoms with Crippen LogP contribution in [0.3, 0.4) is 0 Å². The molecule has 0 saturated heterocycles. The van der Waals surface area contributed by atoms with Gasteiger partial charge in [-0.2, -0.15) is 0 Å². The lowest BCUT2D eigenvalue weighted by atomic mass is 10.1. The molecule has 0 radical (unpaired) electrons. The normalized spacial score (nSPS) is 9.23. The van der Waals surface area contributed by atoms with E-state index < -0.39 is 11.7 Å². The second-order valence-corrected chi connectivity index (χ2v) is 2.33. The molecule has 1 aromatic rings. The zero-order valence-corrected chi connectivity index (χ0v) is 6.86. The van der Waals surface area contributed by atoms with Crippen LogP contribution in [-0.4, -0.2) is 16.7 Å². The molecule has 4 nitrogen and oxygen atoms in total. The maximum Gasteiger partial charge on any atom is 0.251 e. The number of rotatable bonds is 3. The van der Waals surface area contributed by atoms with Crippen LogP contribution in [0.1, 0.15) is 20.8 Å². The first-order valence-corrected chi connectivity index (χ1v) is 3.58. The van der Waals surface area contributed by atoms with Crippen molar-refractivity contribution in [3.63, 3.8) is 0 Å². The highest BCUT2D eigenvalue weighted by molar-refractivity contribution is 6.10. The maximum atomic E-state index is 11.2. The van der Waals surface area contributed by atoms with Gasteiger partial charge in [0.25, 0.3) is 5.91 Å². The molecule has 0 unspecified atom stereocenters. The molecule has 13 heavy (non-hydrogen) atoms. The summed E-state index contributed by atoms with van der Waals surface area (Å²) in [5.74, 6) is -1.08. The van der Waals surface area contributed by atoms with E-state index in [2.05, 4.69) is 11.6 Å². The summed E-state index contributed by atoms with van der Waals surface area (Å²) < 4.78 is 0. The molecule has 1 amide bonds. The molecule has 0 atom stereocenters. The molecule has 0 aliphatic carbocycles.